The van der Waals surface area contributed by atoms with E-state index in [1.807, 2.05) is 12.2 Å². The van der Waals surface area contributed by atoms with Crippen LogP contribution < -0.4 is 0 Å². The highest BCUT2D eigenvalue weighted by Crippen LogP contribution is 2.27. The minimum atomic E-state index is -0.0253. The van der Waals surface area contributed by atoms with Gasteiger partial charge in [-0.25, -0.2) is 0 Å². The molecular formula is C24H30O. The molecule has 0 amide bonds. The first-order chi connectivity index (χ1) is 11.8. The lowest BCUT2D eigenvalue weighted by atomic mass is 9.84. The van der Waals surface area contributed by atoms with Gasteiger partial charge in [-0.2, -0.15) is 0 Å². The molecule has 2 aromatic rings. The molecule has 2 rings (SSSR count). The fourth-order valence-electron chi connectivity index (χ4n) is 2.87. The Balaban J connectivity index is 1.98. The quantitative estimate of drug-likeness (QED) is 0.555. The lowest BCUT2D eigenvalue weighted by molar-refractivity contribution is 0.0634. The van der Waals surface area contributed by atoms with E-state index in [0.29, 0.717) is 13.2 Å². The van der Waals surface area contributed by atoms with Gasteiger partial charge in [-0.3, -0.25) is 0 Å². The van der Waals surface area contributed by atoms with Crippen LogP contribution in [0.15, 0.2) is 61.7 Å². The summed E-state index contributed by atoms with van der Waals surface area (Å²) in [5.74, 6) is 0. The average Bonchev–Trinajstić information content (AvgIpc) is 2.61. The highest BCUT2D eigenvalue weighted by atomic mass is 16.5. The van der Waals surface area contributed by atoms with Crippen molar-refractivity contribution in [3.05, 3.63) is 83.9 Å². The predicted octanol–water partition coefficient (Wildman–Crippen LogP) is 6.24. The lowest BCUT2D eigenvalue weighted by Crippen LogP contribution is -2.30. The third-order valence-electron chi connectivity index (χ3n) is 4.78. The van der Waals surface area contributed by atoms with Crippen molar-refractivity contribution in [3.63, 3.8) is 0 Å². The van der Waals surface area contributed by atoms with Crippen molar-refractivity contribution in [2.45, 2.75) is 38.5 Å². The van der Waals surface area contributed by atoms with Crippen molar-refractivity contribution in [2.24, 2.45) is 0 Å². The van der Waals surface area contributed by atoms with E-state index in [1.165, 1.54) is 11.1 Å². The Hall–Kier alpha value is -2.12. The van der Waals surface area contributed by atoms with Gasteiger partial charge < -0.3 is 4.74 Å². The normalized spacial score (nSPS) is 12.0. The van der Waals surface area contributed by atoms with Gasteiger partial charge in [0, 0.05) is 10.8 Å². The zero-order valence-corrected chi connectivity index (χ0v) is 16.0. The maximum Gasteiger partial charge on any atom is 0.0558 e. The van der Waals surface area contributed by atoms with E-state index < -0.39 is 0 Å². The van der Waals surface area contributed by atoms with Gasteiger partial charge in [-0.05, 0) is 22.3 Å². The molecule has 0 radical (unpaired) electrons. The number of benzene rings is 2. The average molecular weight is 335 g/mol. The Morgan fingerprint density at radius 1 is 0.680 bits per heavy atom. The van der Waals surface area contributed by atoms with Gasteiger partial charge in [0.25, 0.3) is 0 Å². The molecule has 0 unspecified atom stereocenters. The molecule has 1 nitrogen and oxygen atoms in total. The first-order valence-corrected chi connectivity index (χ1v) is 8.82. The summed E-state index contributed by atoms with van der Waals surface area (Å²) in [5, 5.41) is 0. The summed E-state index contributed by atoms with van der Waals surface area (Å²) < 4.78 is 6.14. The molecule has 0 atom stereocenters. The van der Waals surface area contributed by atoms with E-state index in [4.69, 9.17) is 4.74 Å². The van der Waals surface area contributed by atoms with Crippen molar-refractivity contribution in [3.8, 4) is 0 Å². The third-order valence-corrected chi connectivity index (χ3v) is 4.78. The Bertz CT molecular complexity index is 639. The molecule has 25 heavy (non-hydrogen) atoms. The van der Waals surface area contributed by atoms with E-state index in [0.717, 1.165) is 11.1 Å². The van der Waals surface area contributed by atoms with Crippen LogP contribution >= 0.6 is 0 Å². The highest BCUT2D eigenvalue weighted by molar-refractivity contribution is 5.48. The first-order valence-electron chi connectivity index (χ1n) is 8.82. The molecule has 0 saturated carbocycles. The standard InChI is InChI=1S/C24H30O/c1-7-19-9-13-21(14-10-19)23(3,4)17-25-18-24(5,6)22-15-11-20(8-2)12-16-22/h7-16H,1-2,17-18H2,3-6H3. The van der Waals surface area contributed by atoms with Gasteiger partial charge in [0.15, 0.2) is 0 Å². The molecule has 0 aromatic heterocycles. The van der Waals surface area contributed by atoms with Crippen LogP contribution in [0.4, 0.5) is 0 Å². The van der Waals surface area contributed by atoms with Crippen LogP contribution in [-0.4, -0.2) is 13.2 Å². The molecule has 0 saturated heterocycles. The smallest absolute Gasteiger partial charge is 0.0558 e. The second-order valence-corrected chi connectivity index (χ2v) is 7.91. The van der Waals surface area contributed by atoms with Crippen molar-refractivity contribution in [2.75, 3.05) is 13.2 Å². The van der Waals surface area contributed by atoms with Gasteiger partial charge in [0.05, 0.1) is 13.2 Å². The Labute approximate surface area is 153 Å². The van der Waals surface area contributed by atoms with Crippen LogP contribution in [0.2, 0.25) is 0 Å². The van der Waals surface area contributed by atoms with Gasteiger partial charge in [-0.1, -0.05) is 102 Å². The van der Waals surface area contributed by atoms with Crippen molar-refractivity contribution in [1.29, 1.82) is 0 Å². The van der Waals surface area contributed by atoms with Crippen LogP contribution in [0, 0.1) is 0 Å². The zero-order chi connectivity index (χ0) is 18.5. The fraction of sp³-hybridized carbons (Fsp3) is 0.333. The summed E-state index contributed by atoms with van der Waals surface area (Å²) >= 11 is 0. The van der Waals surface area contributed by atoms with Crippen LogP contribution in [0.25, 0.3) is 12.2 Å². The van der Waals surface area contributed by atoms with E-state index in [9.17, 15) is 0 Å². The van der Waals surface area contributed by atoms with Crippen molar-refractivity contribution < 1.29 is 4.74 Å². The highest BCUT2D eigenvalue weighted by Gasteiger charge is 2.25. The molecule has 0 fully saturated rings. The molecule has 0 aliphatic rings. The molecule has 0 heterocycles. The molecular weight excluding hydrogens is 304 g/mol. The Morgan fingerprint density at radius 3 is 1.28 bits per heavy atom. The first kappa shape index (κ1) is 19.2. The molecule has 0 bridgehead atoms. The molecule has 0 aliphatic carbocycles. The van der Waals surface area contributed by atoms with E-state index in [-0.39, 0.29) is 10.8 Å². The minimum Gasteiger partial charge on any atom is -0.380 e. The summed E-state index contributed by atoms with van der Waals surface area (Å²) in [5.41, 5.74) is 4.80. The molecule has 0 N–H and O–H groups in total. The van der Waals surface area contributed by atoms with Crippen LogP contribution in [0.3, 0.4) is 0 Å². The monoisotopic (exact) mass is 334 g/mol. The third kappa shape index (κ3) is 4.93. The summed E-state index contributed by atoms with van der Waals surface area (Å²) in [4.78, 5) is 0. The minimum absolute atomic E-state index is 0.0253. The topological polar surface area (TPSA) is 9.23 Å². The van der Waals surface area contributed by atoms with Crippen LogP contribution in [0.5, 0.6) is 0 Å². The largest absolute Gasteiger partial charge is 0.380 e. The summed E-state index contributed by atoms with van der Waals surface area (Å²) in [6.45, 7) is 17.9. The fourth-order valence-corrected chi connectivity index (χ4v) is 2.87. The second kappa shape index (κ2) is 7.84. The summed E-state index contributed by atoms with van der Waals surface area (Å²) in [6.07, 6.45) is 3.74. The Kier molecular flexibility index (Phi) is 6.02. The summed E-state index contributed by atoms with van der Waals surface area (Å²) in [7, 11) is 0. The SMILES string of the molecule is C=Cc1ccc(C(C)(C)COCC(C)(C)c2ccc(C=C)cc2)cc1. The Morgan fingerprint density at radius 2 is 1.00 bits per heavy atom. The van der Waals surface area contributed by atoms with Crippen molar-refractivity contribution >= 4 is 12.2 Å². The lowest BCUT2D eigenvalue weighted by Gasteiger charge is -2.30. The number of hydrogen-bond acceptors (Lipinski definition) is 1. The van der Waals surface area contributed by atoms with Gasteiger partial charge >= 0.3 is 0 Å². The number of ether oxygens (including phenoxy) is 1. The summed E-state index contributed by atoms with van der Waals surface area (Å²) in [6, 6.07) is 17.1. The maximum absolute atomic E-state index is 6.14. The van der Waals surface area contributed by atoms with E-state index >= 15 is 0 Å². The van der Waals surface area contributed by atoms with Gasteiger partial charge in [-0.15, -0.1) is 0 Å². The molecule has 1 heteroatoms. The van der Waals surface area contributed by atoms with E-state index in [2.05, 4.69) is 89.4 Å². The second-order valence-electron chi connectivity index (χ2n) is 7.91. The van der Waals surface area contributed by atoms with E-state index in [1.54, 1.807) is 0 Å². The van der Waals surface area contributed by atoms with Crippen LogP contribution in [0.1, 0.15) is 49.9 Å². The van der Waals surface area contributed by atoms with Crippen LogP contribution in [-0.2, 0) is 15.6 Å². The molecule has 0 spiro atoms. The molecule has 2 aromatic carbocycles. The van der Waals surface area contributed by atoms with Gasteiger partial charge in [0.2, 0.25) is 0 Å². The maximum atomic E-state index is 6.14. The number of hydrogen-bond donors (Lipinski definition) is 0. The van der Waals surface area contributed by atoms with Crippen molar-refractivity contribution in [1.82, 2.24) is 0 Å². The molecule has 0 aliphatic heterocycles. The predicted molar refractivity (Wildman–Crippen MR) is 110 cm³/mol. The number of rotatable bonds is 8. The molecule has 132 valence electrons. The zero-order valence-electron chi connectivity index (χ0n) is 16.0. The van der Waals surface area contributed by atoms with Gasteiger partial charge in [0.1, 0.15) is 0 Å².